The number of Topliss-reactive ketones (excluding diaryl/α,β-unsaturated/α-hetero) is 1. The number of carbonyl (C=O) groups excluding carboxylic acids is 2. The zero-order chi connectivity index (χ0) is 17.5. The van der Waals surface area contributed by atoms with Gasteiger partial charge in [-0.25, -0.2) is 0 Å². The number of rotatable bonds is 5. The van der Waals surface area contributed by atoms with Crippen molar-refractivity contribution in [3.63, 3.8) is 0 Å². The number of hydrogen-bond donors (Lipinski definition) is 3. The molecule has 0 aliphatic heterocycles. The molecule has 6 heteroatoms. The van der Waals surface area contributed by atoms with Crippen LogP contribution in [0.4, 0.5) is 11.4 Å². The molecule has 24 heavy (non-hydrogen) atoms. The first-order valence-corrected chi connectivity index (χ1v) is 7.08. The van der Waals surface area contributed by atoms with Crippen molar-refractivity contribution >= 4 is 23.1 Å². The average molecular weight is 321 g/mol. The summed E-state index contributed by atoms with van der Waals surface area (Å²) in [5, 5.41) is 23.7. The lowest BCUT2D eigenvalue weighted by Gasteiger charge is -2.06. The summed E-state index contributed by atoms with van der Waals surface area (Å²) in [7, 11) is 0. The predicted octanol–water partition coefficient (Wildman–Crippen LogP) is 3.05. The molecule has 0 heterocycles. The van der Waals surface area contributed by atoms with Crippen LogP contribution in [-0.2, 0) is 4.79 Å². The molecule has 0 saturated carbocycles. The molecule has 120 valence electrons. The Morgan fingerprint density at radius 3 is 2.46 bits per heavy atom. The minimum Gasteiger partial charge on any atom is -0.508 e. The molecule has 0 aliphatic carbocycles. The molecule has 0 spiro atoms. The van der Waals surface area contributed by atoms with E-state index in [1.165, 1.54) is 37.4 Å². The number of nitrogens with one attached hydrogen (secondary N) is 2. The van der Waals surface area contributed by atoms with Gasteiger partial charge >= 0.3 is 0 Å². The largest absolute Gasteiger partial charge is 0.508 e. The van der Waals surface area contributed by atoms with Crippen molar-refractivity contribution in [3.8, 4) is 11.8 Å². The number of amides is 1. The van der Waals surface area contributed by atoms with E-state index in [-0.39, 0.29) is 17.1 Å². The summed E-state index contributed by atoms with van der Waals surface area (Å²) in [6, 6.07) is 14.4. The maximum absolute atomic E-state index is 12.1. The molecule has 0 unspecified atom stereocenters. The highest BCUT2D eigenvalue weighted by molar-refractivity contribution is 6.06. The van der Waals surface area contributed by atoms with Gasteiger partial charge in [-0.2, -0.15) is 5.26 Å². The van der Waals surface area contributed by atoms with E-state index < -0.39 is 5.91 Å². The number of phenols is 1. The minimum atomic E-state index is -0.585. The average Bonchev–Trinajstić information content (AvgIpc) is 2.57. The van der Waals surface area contributed by atoms with E-state index >= 15 is 0 Å². The number of nitriles is 1. The topological polar surface area (TPSA) is 102 Å². The summed E-state index contributed by atoms with van der Waals surface area (Å²) in [4.78, 5) is 23.4. The third-order valence-corrected chi connectivity index (χ3v) is 3.14. The Hall–Kier alpha value is -3.59. The molecule has 2 aromatic carbocycles. The van der Waals surface area contributed by atoms with E-state index in [1.807, 2.05) is 6.07 Å². The predicted molar refractivity (Wildman–Crippen MR) is 90.5 cm³/mol. The number of benzene rings is 2. The maximum Gasteiger partial charge on any atom is 0.267 e. The van der Waals surface area contributed by atoms with Crippen LogP contribution in [0.3, 0.4) is 0 Å². The monoisotopic (exact) mass is 321 g/mol. The third-order valence-electron chi connectivity index (χ3n) is 3.14. The molecule has 2 aromatic rings. The molecular weight excluding hydrogens is 306 g/mol. The van der Waals surface area contributed by atoms with Crippen molar-refractivity contribution < 1.29 is 14.7 Å². The highest BCUT2D eigenvalue weighted by Gasteiger charge is 2.09. The fourth-order valence-corrected chi connectivity index (χ4v) is 1.88. The summed E-state index contributed by atoms with van der Waals surface area (Å²) in [6.45, 7) is 1.46. The van der Waals surface area contributed by atoms with Gasteiger partial charge in [-0.1, -0.05) is 12.1 Å². The summed E-state index contributed by atoms with van der Waals surface area (Å²) in [5.41, 5.74) is 1.45. The fourth-order valence-electron chi connectivity index (χ4n) is 1.88. The normalized spacial score (nSPS) is 10.6. The second kappa shape index (κ2) is 7.61. The second-order valence-electron chi connectivity index (χ2n) is 4.95. The number of aromatic hydroxyl groups is 1. The Kier molecular flexibility index (Phi) is 5.32. The highest BCUT2D eigenvalue weighted by atomic mass is 16.3. The summed E-state index contributed by atoms with van der Waals surface area (Å²) < 4.78 is 0. The number of ketones is 1. The van der Waals surface area contributed by atoms with E-state index in [1.54, 1.807) is 24.3 Å². The van der Waals surface area contributed by atoms with Crippen molar-refractivity contribution in [2.24, 2.45) is 0 Å². The molecule has 2 rings (SSSR count). The molecule has 3 N–H and O–H groups in total. The van der Waals surface area contributed by atoms with E-state index in [0.717, 1.165) is 0 Å². The van der Waals surface area contributed by atoms with Gasteiger partial charge < -0.3 is 15.7 Å². The Morgan fingerprint density at radius 2 is 1.83 bits per heavy atom. The molecule has 0 atom stereocenters. The van der Waals surface area contributed by atoms with Crippen molar-refractivity contribution in [1.82, 2.24) is 0 Å². The van der Waals surface area contributed by atoms with E-state index in [2.05, 4.69) is 10.6 Å². The minimum absolute atomic E-state index is 0.0757. The van der Waals surface area contributed by atoms with Crippen LogP contribution in [0.25, 0.3) is 0 Å². The lowest BCUT2D eigenvalue weighted by molar-refractivity contribution is -0.112. The summed E-state index contributed by atoms with van der Waals surface area (Å²) in [6.07, 6.45) is 1.27. The Morgan fingerprint density at radius 1 is 1.12 bits per heavy atom. The van der Waals surface area contributed by atoms with Crippen LogP contribution < -0.4 is 10.6 Å². The van der Waals surface area contributed by atoms with Crippen LogP contribution in [0, 0.1) is 11.3 Å². The van der Waals surface area contributed by atoms with Crippen molar-refractivity contribution in [3.05, 3.63) is 65.9 Å². The van der Waals surface area contributed by atoms with Crippen LogP contribution in [0.2, 0.25) is 0 Å². The SMILES string of the molecule is CC(=O)c1cccc(N/C=C(/C#N)C(=O)Nc2ccc(O)cc2)c1. The van der Waals surface area contributed by atoms with Crippen molar-refractivity contribution in [2.45, 2.75) is 6.92 Å². The number of anilines is 2. The molecule has 0 bridgehead atoms. The molecule has 1 amide bonds. The zero-order valence-electron chi connectivity index (χ0n) is 12.9. The van der Waals surface area contributed by atoms with Crippen LogP contribution in [0.1, 0.15) is 17.3 Å². The van der Waals surface area contributed by atoms with Gasteiger partial charge in [0.1, 0.15) is 17.4 Å². The Bertz CT molecular complexity index is 833. The van der Waals surface area contributed by atoms with Crippen LogP contribution in [-0.4, -0.2) is 16.8 Å². The zero-order valence-corrected chi connectivity index (χ0v) is 12.9. The van der Waals surface area contributed by atoms with Gasteiger partial charge in [0.05, 0.1) is 0 Å². The first-order valence-electron chi connectivity index (χ1n) is 7.08. The van der Waals surface area contributed by atoms with Gasteiger partial charge in [0.15, 0.2) is 5.78 Å². The first-order chi connectivity index (χ1) is 11.5. The molecule has 0 aromatic heterocycles. The van der Waals surface area contributed by atoms with Gasteiger partial charge in [0, 0.05) is 23.1 Å². The number of carbonyl (C=O) groups is 2. The number of hydrogen-bond acceptors (Lipinski definition) is 5. The lowest BCUT2D eigenvalue weighted by atomic mass is 10.1. The highest BCUT2D eigenvalue weighted by Crippen LogP contribution is 2.15. The summed E-state index contributed by atoms with van der Waals surface area (Å²) in [5.74, 6) is -0.581. The number of nitrogens with zero attached hydrogens (tertiary/aromatic N) is 1. The van der Waals surface area contributed by atoms with Crippen LogP contribution in [0.5, 0.6) is 5.75 Å². The fraction of sp³-hybridized carbons (Fsp3) is 0.0556. The van der Waals surface area contributed by atoms with E-state index in [9.17, 15) is 14.7 Å². The van der Waals surface area contributed by atoms with Crippen LogP contribution >= 0.6 is 0 Å². The molecule has 0 fully saturated rings. The van der Waals surface area contributed by atoms with E-state index in [4.69, 9.17) is 5.26 Å². The van der Waals surface area contributed by atoms with Gasteiger partial charge in [-0.05, 0) is 43.3 Å². The first kappa shape index (κ1) is 16.8. The Labute approximate surface area is 139 Å². The van der Waals surface area contributed by atoms with E-state index in [0.29, 0.717) is 16.9 Å². The molecule has 6 nitrogen and oxygen atoms in total. The van der Waals surface area contributed by atoms with Crippen LogP contribution in [0.15, 0.2) is 60.3 Å². The second-order valence-corrected chi connectivity index (χ2v) is 4.95. The van der Waals surface area contributed by atoms with Crippen molar-refractivity contribution in [2.75, 3.05) is 10.6 Å². The van der Waals surface area contributed by atoms with Gasteiger partial charge in [0.25, 0.3) is 5.91 Å². The third kappa shape index (κ3) is 4.45. The summed E-state index contributed by atoms with van der Waals surface area (Å²) >= 11 is 0. The number of phenolic OH excluding ortho intramolecular Hbond substituents is 1. The Balaban J connectivity index is 2.10. The standard InChI is InChI=1S/C18H15N3O3/c1-12(22)13-3-2-4-16(9-13)20-11-14(10-19)18(24)21-15-5-7-17(23)8-6-15/h2-9,11,20,23H,1H3,(H,21,24)/b14-11-. The molecule has 0 aliphatic rings. The smallest absolute Gasteiger partial charge is 0.267 e. The lowest BCUT2D eigenvalue weighted by Crippen LogP contribution is -2.14. The van der Waals surface area contributed by atoms with Gasteiger partial charge in [0.2, 0.25) is 0 Å². The van der Waals surface area contributed by atoms with Gasteiger partial charge in [-0.3, -0.25) is 9.59 Å². The van der Waals surface area contributed by atoms with Crippen molar-refractivity contribution in [1.29, 1.82) is 5.26 Å². The molecular formula is C18H15N3O3. The van der Waals surface area contributed by atoms with Gasteiger partial charge in [-0.15, -0.1) is 0 Å². The molecule has 0 radical (unpaired) electrons. The molecule has 0 saturated heterocycles. The maximum atomic E-state index is 12.1. The quantitative estimate of drug-likeness (QED) is 0.340.